The van der Waals surface area contributed by atoms with E-state index in [0.29, 0.717) is 29.9 Å². The minimum absolute atomic E-state index is 0.127. The molecule has 1 heterocycles. The SMILES string of the molecule is NC1(COCc2nc3ccccc3c(=O)[nH]2)CCCC1. The number of fused-ring (bicyclic) bond motifs is 1. The molecular weight excluding hydrogens is 254 g/mol. The Hall–Kier alpha value is -1.72. The molecule has 5 nitrogen and oxygen atoms in total. The van der Waals surface area contributed by atoms with Gasteiger partial charge in [-0.2, -0.15) is 0 Å². The predicted molar refractivity (Wildman–Crippen MR) is 77.4 cm³/mol. The molecule has 3 N–H and O–H groups in total. The van der Waals surface area contributed by atoms with Crippen molar-refractivity contribution in [3.8, 4) is 0 Å². The van der Waals surface area contributed by atoms with Crippen LogP contribution in [0.2, 0.25) is 0 Å². The topological polar surface area (TPSA) is 81.0 Å². The summed E-state index contributed by atoms with van der Waals surface area (Å²) >= 11 is 0. The van der Waals surface area contributed by atoms with Crippen LogP contribution in [0.4, 0.5) is 0 Å². The van der Waals surface area contributed by atoms with Crippen molar-refractivity contribution in [3.63, 3.8) is 0 Å². The van der Waals surface area contributed by atoms with E-state index in [1.807, 2.05) is 18.2 Å². The highest BCUT2D eigenvalue weighted by Gasteiger charge is 2.29. The number of hydrogen-bond acceptors (Lipinski definition) is 4. The summed E-state index contributed by atoms with van der Waals surface area (Å²) < 4.78 is 5.65. The van der Waals surface area contributed by atoms with Gasteiger partial charge in [0.15, 0.2) is 0 Å². The van der Waals surface area contributed by atoms with Crippen LogP contribution in [-0.2, 0) is 11.3 Å². The number of nitrogens with one attached hydrogen (secondary N) is 1. The van der Waals surface area contributed by atoms with Crippen LogP contribution in [0.25, 0.3) is 10.9 Å². The fourth-order valence-corrected chi connectivity index (χ4v) is 2.78. The van der Waals surface area contributed by atoms with Gasteiger partial charge in [-0.25, -0.2) is 4.98 Å². The third kappa shape index (κ3) is 2.73. The molecule has 0 amide bonds. The fourth-order valence-electron chi connectivity index (χ4n) is 2.78. The summed E-state index contributed by atoms with van der Waals surface area (Å²) in [5, 5.41) is 0.599. The molecule has 0 unspecified atom stereocenters. The van der Waals surface area contributed by atoms with E-state index in [9.17, 15) is 4.79 Å². The third-order valence-corrected chi connectivity index (χ3v) is 3.89. The Labute approximate surface area is 117 Å². The zero-order valence-electron chi connectivity index (χ0n) is 11.4. The number of aromatic nitrogens is 2. The van der Waals surface area contributed by atoms with Gasteiger partial charge in [-0.15, -0.1) is 0 Å². The van der Waals surface area contributed by atoms with E-state index in [1.165, 1.54) is 12.8 Å². The molecule has 1 aromatic heterocycles. The molecule has 0 radical (unpaired) electrons. The van der Waals surface area contributed by atoms with Crippen molar-refractivity contribution in [3.05, 3.63) is 40.4 Å². The van der Waals surface area contributed by atoms with Gasteiger partial charge < -0.3 is 15.5 Å². The molecule has 0 atom stereocenters. The summed E-state index contributed by atoms with van der Waals surface area (Å²) in [6, 6.07) is 7.29. The first-order chi connectivity index (χ1) is 9.66. The monoisotopic (exact) mass is 273 g/mol. The first-order valence-corrected chi connectivity index (χ1v) is 7.01. The molecule has 1 aliphatic carbocycles. The van der Waals surface area contributed by atoms with Crippen molar-refractivity contribution in [1.29, 1.82) is 0 Å². The molecular formula is C15H19N3O2. The zero-order valence-corrected chi connectivity index (χ0v) is 11.4. The molecule has 1 aromatic carbocycles. The molecule has 0 saturated heterocycles. The van der Waals surface area contributed by atoms with Crippen LogP contribution in [0.3, 0.4) is 0 Å². The van der Waals surface area contributed by atoms with Crippen molar-refractivity contribution >= 4 is 10.9 Å². The molecule has 20 heavy (non-hydrogen) atoms. The quantitative estimate of drug-likeness (QED) is 0.888. The average Bonchev–Trinajstić information content (AvgIpc) is 2.86. The number of aromatic amines is 1. The Morgan fingerprint density at radius 1 is 1.30 bits per heavy atom. The van der Waals surface area contributed by atoms with Gasteiger partial charge in [-0.05, 0) is 25.0 Å². The molecule has 1 aliphatic rings. The second kappa shape index (κ2) is 5.34. The van der Waals surface area contributed by atoms with E-state index in [2.05, 4.69) is 9.97 Å². The highest BCUT2D eigenvalue weighted by Crippen LogP contribution is 2.27. The zero-order chi connectivity index (χ0) is 14.0. The third-order valence-electron chi connectivity index (χ3n) is 3.89. The van der Waals surface area contributed by atoms with E-state index in [0.717, 1.165) is 12.8 Å². The highest BCUT2D eigenvalue weighted by molar-refractivity contribution is 5.77. The van der Waals surface area contributed by atoms with Gasteiger partial charge in [-0.1, -0.05) is 25.0 Å². The number of benzene rings is 1. The molecule has 5 heteroatoms. The smallest absolute Gasteiger partial charge is 0.258 e. The summed E-state index contributed by atoms with van der Waals surface area (Å²) in [7, 11) is 0. The van der Waals surface area contributed by atoms with Crippen LogP contribution in [-0.4, -0.2) is 22.1 Å². The van der Waals surface area contributed by atoms with Gasteiger partial charge in [0.05, 0.1) is 17.5 Å². The van der Waals surface area contributed by atoms with E-state index >= 15 is 0 Å². The normalized spacial score (nSPS) is 17.6. The summed E-state index contributed by atoms with van der Waals surface area (Å²) in [5.41, 5.74) is 6.59. The number of nitrogens with two attached hydrogens (primary N) is 1. The predicted octanol–water partition coefficient (Wildman–Crippen LogP) is 1.71. The van der Waals surface area contributed by atoms with E-state index in [4.69, 9.17) is 10.5 Å². The van der Waals surface area contributed by atoms with Crippen molar-refractivity contribution < 1.29 is 4.74 Å². The molecule has 0 bridgehead atoms. The molecule has 0 aliphatic heterocycles. The minimum atomic E-state index is -0.197. The van der Waals surface area contributed by atoms with Gasteiger partial charge >= 0.3 is 0 Å². The van der Waals surface area contributed by atoms with Crippen molar-refractivity contribution in [2.45, 2.75) is 37.8 Å². The minimum Gasteiger partial charge on any atom is -0.372 e. The largest absolute Gasteiger partial charge is 0.372 e. The lowest BCUT2D eigenvalue weighted by Gasteiger charge is -2.22. The average molecular weight is 273 g/mol. The molecule has 0 spiro atoms. The van der Waals surface area contributed by atoms with Crippen molar-refractivity contribution in [2.24, 2.45) is 5.73 Å². The fraction of sp³-hybridized carbons (Fsp3) is 0.467. The number of para-hydroxylation sites is 1. The number of nitrogens with zero attached hydrogens (tertiary/aromatic N) is 1. The number of rotatable bonds is 4. The number of hydrogen-bond donors (Lipinski definition) is 2. The standard InChI is InChI=1S/C15H19N3O2/c16-15(7-3-4-8-15)10-20-9-13-17-12-6-2-1-5-11(12)14(19)18-13/h1-2,5-6H,3-4,7-10,16H2,(H,17,18,19). The summed E-state index contributed by atoms with van der Waals surface area (Å²) in [6.07, 6.45) is 4.36. The molecule has 106 valence electrons. The maximum Gasteiger partial charge on any atom is 0.258 e. The van der Waals surface area contributed by atoms with Crippen LogP contribution < -0.4 is 11.3 Å². The second-order valence-corrected chi connectivity index (χ2v) is 5.59. The second-order valence-electron chi connectivity index (χ2n) is 5.59. The van der Waals surface area contributed by atoms with Crippen LogP contribution >= 0.6 is 0 Å². The van der Waals surface area contributed by atoms with E-state index < -0.39 is 0 Å². The lowest BCUT2D eigenvalue weighted by molar-refractivity contribution is 0.0711. The Morgan fingerprint density at radius 3 is 2.85 bits per heavy atom. The number of ether oxygens (including phenoxy) is 1. The van der Waals surface area contributed by atoms with Crippen LogP contribution in [0, 0.1) is 0 Å². The Balaban J connectivity index is 1.70. The van der Waals surface area contributed by atoms with Gasteiger partial charge in [0, 0.05) is 5.54 Å². The summed E-state index contributed by atoms with van der Waals surface area (Å²) in [5.74, 6) is 0.551. The maximum absolute atomic E-state index is 11.9. The lowest BCUT2D eigenvalue weighted by atomic mass is 10.0. The molecule has 2 aromatic rings. The summed E-state index contributed by atoms with van der Waals surface area (Å²) in [6.45, 7) is 0.808. The van der Waals surface area contributed by atoms with E-state index in [1.54, 1.807) is 6.07 Å². The van der Waals surface area contributed by atoms with E-state index in [-0.39, 0.29) is 11.1 Å². The highest BCUT2D eigenvalue weighted by atomic mass is 16.5. The molecule has 1 saturated carbocycles. The van der Waals surface area contributed by atoms with Crippen molar-refractivity contribution in [1.82, 2.24) is 9.97 Å². The van der Waals surface area contributed by atoms with Gasteiger partial charge in [-0.3, -0.25) is 4.79 Å². The van der Waals surface area contributed by atoms with Gasteiger partial charge in [0.2, 0.25) is 0 Å². The maximum atomic E-state index is 11.9. The van der Waals surface area contributed by atoms with Crippen LogP contribution in [0.1, 0.15) is 31.5 Å². The number of H-pyrrole nitrogens is 1. The molecule has 1 fully saturated rings. The van der Waals surface area contributed by atoms with Crippen LogP contribution in [0.15, 0.2) is 29.1 Å². The Bertz CT molecular complexity index is 659. The van der Waals surface area contributed by atoms with Gasteiger partial charge in [0.1, 0.15) is 12.4 Å². The van der Waals surface area contributed by atoms with Gasteiger partial charge in [0.25, 0.3) is 5.56 Å². The van der Waals surface area contributed by atoms with Crippen LogP contribution in [0.5, 0.6) is 0 Å². The van der Waals surface area contributed by atoms with Crippen molar-refractivity contribution in [2.75, 3.05) is 6.61 Å². The Kier molecular flexibility index (Phi) is 3.54. The first kappa shape index (κ1) is 13.3. The lowest BCUT2D eigenvalue weighted by Crippen LogP contribution is -2.41. The first-order valence-electron chi connectivity index (χ1n) is 7.01. The molecule has 3 rings (SSSR count). The summed E-state index contributed by atoms with van der Waals surface area (Å²) in [4.78, 5) is 19.1. The Morgan fingerprint density at radius 2 is 2.05 bits per heavy atom.